The second-order valence-corrected chi connectivity index (χ2v) is 6.55. The molecule has 0 bridgehead atoms. The van der Waals surface area contributed by atoms with Gasteiger partial charge in [0.2, 0.25) is 0 Å². The molecule has 1 N–H and O–H groups in total. The van der Waals surface area contributed by atoms with E-state index < -0.39 is 5.76 Å². The van der Waals surface area contributed by atoms with Crippen LogP contribution in [-0.2, 0) is 0 Å². The number of alkyl halides is 2. The van der Waals surface area contributed by atoms with E-state index in [4.69, 9.17) is 0 Å². The Balaban J connectivity index is 2.09. The molecular formula is C15H21F2NS. The average Bonchev–Trinajstić information content (AvgIpc) is 2.35. The molecule has 0 saturated heterocycles. The number of thioether (sulfide) groups is 1. The van der Waals surface area contributed by atoms with Crippen LogP contribution in [0, 0.1) is 11.8 Å². The molecule has 1 aromatic carbocycles. The van der Waals surface area contributed by atoms with E-state index in [1.54, 1.807) is 6.07 Å². The maximum Gasteiger partial charge on any atom is 0.288 e. The van der Waals surface area contributed by atoms with E-state index in [-0.39, 0.29) is 0 Å². The molecular weight excluding hydrogens is 264 g/mol. The number of benzene rings is 1. The van der Waals surface area contributed by atoms with Crippen molar-refractivity contribution in [3.05, 3.63) is 24.3 Å². The van der Waals surface area contributed by atoms with Crippen LogP contribution in [0.3, 0.4) is 0 Å². The zero-order valence-corrected chi connectivity index (χ0v) is 12.2. The van der Waals surface area contributed by atoms with Gasteiger partial charge in [0.15, 0.2) is 0 Å². The fourth-order valence-electron chi connectivity index (χ4n) is 2.72. The Morgan fingerprint density at radius 3 is 2.68 bits per heavy atom. The first-order valence-corrected chi connectivity index (χ1v) is 7.74. The fraction of sp³-hybridized carbons (Fsp3) is 0.600. The molecule has 3 unspecified atom stereocenters. The molecule has 0 amide bonds. The summed E-state index contributed by atoms with van der Waals surface area (Å²) in [7, 11) is 0. The summed E-state index contributed by atoms with van der Waals surface area (Å²) in [6, 6.07) is 7.76. The van der Waals surface area contributed by atoms with Gasteiger partial charge in [0, 0.05) is 16.6 Å². The Morgan fingerprint density at radius 1 is 1.21 bits per heavy atom. The molecule has 0 heterocycles. The van der Waals surface area contributed by atoms with Crippen molar-refractivity contribution in [3.63, 3.8) is 0 Å². The largest absolute Gasteiger partial charge is 0.381 e. The lowest BCUT2D eigenvalue weighted by molar-refractivity contribution is 0.252. The van der Waals surface area contributed by atoms with Gasteiger partial charge in [-0.3, -0.25) is 0 Å². The third kappa shape index (κ3) is 4.10. The van der Waals surface area contributed by atoms with Gasteiger partial charge >= 0.3 is 0 Å². The molecule has 0 radical (unpaired) electrons. The van der Waals surface area contributed by atoms with Crippen molar-refractivity contribution in [2.45, 2.75) is 49.8 Å². The summed E-state index contributed by atoms with van der Waals surface area (Å²) >= 11 is 0.620. The minimum atomic E-state index is -2.37. The van der Waals surface area contributed by atoms with Crippen LogP contribution < -0.4 is 5.32 Å². The van der Waals surface area contributed by atoms with Gasteiger partial charge in [-0.1, -0.05) is 44.2 Å². The van der Waals surface area contributed by atoms with Gasteiger partial charge in [-0.2, -0.15) is 8.78 Å². The summed E-state index contributed by atoms with van der Waals surface area (Å²) in [5.74, 6) is -1.06. The Bertz CT molecular complexity index is 411. The van der Waals surface area contributed by atoms with Gasteiger partial charge in [-0.05, 0) is 36.8 Å². The number of nitrogens with one attached hydrogen (secondary N) is 1. The van der Waals surface area contributed by atoms with E-state index in [2.05, 4.69) is 19.2 Å². The van der Waals surface area contributed by atoms with E-state index in [9.17, 15) is 8.78 Å². The molecule has 0 spiro atoms. The van der Waals surface area contributed by atoms with Crippen molar-refractivity contribution in [1.82, 2.24) is 0 Å². The Labute approximate surface area is 118 Å². The lowest BCUT2D eigenvalue weighted by Crippen LogP contribution is -2.33. The van der Waals surface area contributed by atoms with Crippen LogP contribution in [0.15, 0.2) is 29.2 Å². The van der Waals surface area contributed by atoms with Crippen molar-refractivity contribution < 1.29 is 8.78 Å². The normalized spacial score (nSPS) is 27.5. The van der Waals surface area contributed by atoms with Gasteiger partial charge in [0.1, 0.15) is 0 Å². The third-order valence-corrected chi connectivity index (χ3v) is 4.69. The lowest BCUT2D eigenvalue weighted by Gasteiger charge is -2.34. The summed E-state index contributed by atoms with van der Waals surface area (Å²) < 4.78 is 25.1. The highest BCUT2D eigenvalue weighted by atomic mass is 32.2. The van der Waals surface area contributed by atoms with E-state index in [0.29, 0.717) is 34.5 Å². The second-order valence-electron chi connectivity index (χ2n) is 5.52. The van der Waals surface area contributed by atoms with E-state index >= 15 is 0 Å². The molecule has 106 valence electrons. The molecule has 1 saturated carbocycles. The molecule has 1 aliphatic carbocycles. The zero-order valence-electron chi connectivity index (χ0n) is 11.4. The minimum absolute atomic E-state index is 0.392. The molecule has 1 aliphatic rings. The highest BCUT2D eigenvalue weighted by molar-refractivity contribution is 7.99. The third-order valence-electron chi connectivity index (χ3n) is 3.90. The van der Waals surface area contributed by atoms with Gasteiger partial charge < -0.3 is 5.32 Å². The molecule has 1 aromatic rings. The quantitative estimate of drug-likeness (QED) is 0.759. The van der Waals surface area contributed by atoms with Crippen molar-refractivity contribution >= 4 is 17.4 Å². The SMILES string of the molecule is CC1CCC(C)C(Nc2ccccc2SC(F)F)C1. The van der Waals surface area contributed by atoms with Crippen LogP contribution in [0.2, 0.25) is 0 Å². The molecule has 0 aliphatic heterocycles. The van der Waals surface area contributed by atoms with Crippen LogP contribution in [0.25, 0.3) is 0 Å². The van der Waals surface area contributed by atoms with E-state index in [0.717, 1.165) is 12.1 Å². The van der Waals surface area contributed by atoms with Crippen LogP contribution in [-0.4, -0.2) is 11.8 Å². The monoisotopic (exact) mass is 285 g/mol. The van der Waals surface area contributed by atoms with Gasteiger partial charge in [0.05, 0.1) is 0 Å². The number of para-hydroxylation sites is 1. The summed E-state index contributed by atoms with van der Waals surface area (Å²) in [5, 5.41) is 3.48. The Kier molecular flexibility index (Phi) is 5.08. The van der Waals surface area contributed by atoms with Gasteiger partial charge in [-0.15, -0.1) is 0 Å². The lowest BCUT2D eigenvalue weighted by atomic mass is 9.80. The molecule has 0 aromatic heterocycles. The summed E-state index contributed by atoms with van der Waals surface area (Å²) in [6.07, 6.45) is 3.60. The first kappa shape index (κ1) is 14.6. The Hall–Kier alpha value is -0.770. The minimum Gasteiger partial charge on any atom is -0.381 e. The molecule has 2 rings (SSSR count). The topological polar surface area (TPSA) is 12.0 Å². The van der Waals surface area contributed by atoms with Crippen LogP contribution in [0.4, 0.5) is 14.5 Å². The summed E-state index contributed by atoms with van der Waals surface area (Å²) in [4.78, 5) is 0.642. The molecule has 3 atom stereocenters. The van der Waals surface area contributed by atoms with Crippen LogP contribution in [0.5, 0.6) is 0 Å². The first-order valence-electron chi connectivity index (χ1n) is 6.86. The van der Waals surface area contributed by atoms with Crippen molar-refractivity contribution in [2.24, 2.45) is 11.8 Å². The maximum absolute atomic E-state index is 12.6. The van der Waals surface area contributed by atoms with Crippen LogP contribution >= 0.6 is 11.8 Å². The summed E-state index contributed by atoms with van der Waals surface area (Å²) in [6.45, 7) is 4.51. The van der Waals surface area contributed by atoms with Gasteiger partial charge in [0.25, 0.3) is 5.76 Å². The molecule has 19 heavy (non-hydrogen) atoms. The predicted octanol–water partition coefficient (Wildman–Crippen LogP) is 5.24. The number of anilines is 1. The average molecular weight is 285 g/mol. The molecule has 1 nitrogen and oxygen atoms in total. The van der Waals surface area contributed by atoms with Crippen molar-refractivity contribution in [1.29, 1.82) is 0 Å². The summed E-state index contributed by atoms with van der Waals surface area (Å²) in [5.41, 5.74) is 0.846. The standard InChI is InChI=1S/C15H21F2NS/c1-10-7-8-11(2)13(9-10)18-12-5-3-4-6-14(12)19-15(16)17/h3-6,10-11,13,15,18H,7-9H2,1-2H3. The Morgan fingerprint density at radius 2 is 1.95 bits per heavy atom. The fourth-order valence-corrected chi connectivity index (χ4v) is 3.32. The number of rotatable bonds is 4. The van der Waals surface area contributed by atoms with Crippen LogP contribution in [0.1, 0.15) is 33.1 Å². The van der Waals surface area contributed by atoms with E-state index in [1.165, 1.54) is 12.8 Å². The smallest absolute Gasteiger partial charge is 0.288 e. The van der Waals surface area contributed by atoms with E-state index in [1.807, 2.05) is 18.2 Å². The number of hydrogen-bond donors (Lipinski definition) is 1. The maximum atomic E-state index is 12.6. The number of hydrogen-bond acceptors (Lipinski definition) is 2. The van der Waals surface area contributed by atoms with Crippen molar-refractivity contribution in [3.8, 4) is 0 Å². The first-order chi connectivity index (χ1) is 9.06. The number of halogens is 2. The van der Waals surface area contributed by atoms with Crippen molar-refractivity contribution in [2.75, 3.05) is 5.32 Å². The second kappa shape index (κ2) is 6.60. The molecule has 4 heteroatoms. The highest BCUT2D eigenvalue weighted by Gasteiger charge is 2.26. The van der Waals surface area contributed by atoms with Gasteiger partial charge in [-0.25, -0.2) is 0 Å². The zero-order chi connectivity index (χ0) is 13.8. The highest BCUT2D eigenvalue weighted by Crippen LogP contribution is 2.35. The molecule has 1 fully saturated rings. The predicted molar refractivity (Wildman–Crippen MR) is 77.9 cm³/mol.